The summed E-state index contributed by atoms with van der Waals surface area (Å²) in [4.78, 5) is 29.1. The van der Waals surface area contributed by atoms with E-state index in [4.69, 9.17) is 5.26 Å². The van der Waals surface area contributed by atoms with Crippen molar-refractivity contribution in [1.82, 2.24) is 19.9 Å². The Morgan fingerprint density at radius 2 is 2.08 bits per heavy atom. The van der Waals surface area contributed by atoms with E-state index >= 15 is 0 Å². The third-order valence-electron chi connectivity index (χ3n) is 4.45. The van der Waals surface area contributed by atoms with E-state index in [2.05, 4.69) is 21.0 Å². The average Bonchev–Trinajstić information content (AvgIpc) is 2.68. The zero-order valence-corrected chi connectivity index (χ0v) is 14.9. The van der Waals surface area contributed by atoms with E-state index in [1.54, 1.807) is 12.3 Å². The van der Waals surface area contributed by atoms with Crippen molar-refractivity contribution in [2.24, 2.45) is 0 Å². The van der Waals surface area contributed by atoms with Crippen LogP contribution in [0.1, 0.15) is 29.8 Å². The van der Waals surface area contributed by atoms with Crippen LogP contribution in [0.2, 0.25) is 0 Å². The van der Waals surface area contributed by atoms with Crippen molar-refractivity contribution in [3.8, 4) is 6.07 Å². The van der Waals surface area contributed by atoms with E-state index in [9.17, 15) is 4.79 Å². The molecule has 0 spiro atoms. The van der Waals surface area contributed by atoms with Gasteiger partial charge in [0.05, 0.1) is 0 Å². The second-order valence-electron chi connectivity index (χ2n) is 6.39. The van der Waals surface area contributed by atoms with Crippen LogP contribution in [-0.2, 0) is 11.2 Å². The van der Waals surface area contributed by atoms with Crippen molar-refractivity contribution in [2.75, 3.05) is 31.1 Å². The first-order valence-corrected chi connectivity index (χ1v) is 8.83. The van der Waals surface area contributed by atoms with E-state index in [0.717, 1.165) is 24.1 Å². The predicted molar refractivity (Wildman–Crippen MR) is 97.5 cm³/mol. The molecule has 7 heteroatoms. The number of carbonyl (C=O) groups excluding carboxylic acids is 1. The number of amides is 1. The van der Waals surface area contributed by atoms with E-state index < -0.39 is 0 Å². The van der Waals surface area contributed by atoms with Gasteiger partial charge in [0.1, 0.15) is 11.8 Å². The molecule has 1 amide bonds. The van der Waals surface area contributed by atoms with E-state index in [0.29, 0.717) is 44.2 Å². The maximum absolute atomic E-state index is 12.4. The molecule has 1 aliphatic rings. The number of nitriles is 1. The average molecular weight is 350 g/mol. The first-order valence-electron chi connectivity index (χ1n) is 8.83. The van der Waals surface area contributed by atoms with Crippen LogP contribution < -0.4 is 4.90 Å². The van der Waals surface area contributed by atoms with Gasteiger partial charge in [0.25, 0.3) is 0 Å². The Hall–Kier alpha value is -3.01. The van der Waals surface area contributed by atoms with Gasteiger partial charge in [-0.3, -0.25) is 9.78 Å². The predicted octanol–water partition coefficient (Wildman–Crippen LogP) is 1.72. The topological polar surface area (TPSA) is 86.0 Å². The van der Waals surface area contributed by atoms with Gasteiger partial charge in [-0.25, -0.2) is 9.97 Å². The second-order valence-corrected chi connectivity index (χ2v) is 6.39. The number of nitrogens with zero attached hydrogens (tertiary/aromatic N) is 6. The fourth-order valence-electron chi connectivity index (χ4n) is 3.06. The SMILES string of the molecule is Cc1cc(C#N)nc(N2CCN(C(=O)CCCc3cccnc3)CC2)n1. The summed E-state index contributed by atoms with van der Waals surface area (Å²) in [5.41, 5.74) is 2.32. The smallest absolute Gasteiger partial charge is 0.226 e. The van der Waals surface area contributed by atoms with Gasteiger partial charge in [-0.1, -0.05) is 6.07 Å². The van der Waals surface area contributed by atoms with Crippen LogP contribution in [-0.4, -0.2) is 51.9 Å². The minimum atomic E-state index is 0.191. The van der Waals surface area contributed by atoms with Crippen molar-refractivity contribution in [3.05, 3.63) is 47.5 Å². The standard InChI is InChI=1S/C19H22N6O/c1-15-12-17(13-20)23-19(22-15)25-10-8-24(9-11-25)18(26)6-2-4-16-5-3-7-21-14-16/h3,5,7,12,14H,2,4,6,8-11H2,1H3. The van der Waals surface area contributed by atoms with Crippen LogP contribution >= 0.6 is 0 Å². The highest BCUT2D eigenvalue weighted by atomic mass is 16.2. The Morgan fingerprint density at radius 1 is 1.27 bits per heavy atom. The molecule has 134 valence electrons. The Labute approximate surface area is 153 Å². The molecule has 3 rings (SSSR count). The van der Waals surface area contributed by atoms with E-state index in [1.165, 1.54) is 0 Å². The van der Waals surface area contributed by atoms with Gasteiger partial charge in [0.2, 0.25) is 11.9 Å². The molecule has 0 saturated carbocycles. The van der Waals surface area contributed by atoms with E-state index in [1.807, 2.05) is 35.1 Å². The number of hydrogen-bond acceptors (Lipinski definition) is 6. The first-order chi connectivity index (χ1) is 12.7. The highest BCUT2D eigenvalue weighted by Gasteiger charge is 2.22. The fourth-order valence-corrected chi connectivity index (χ4v) is 3.06. The molecule has 1 fully saturated rings. The summed E-state index contributed by atoms with van der Waals surface area (Å²) in [6.45, 7) is 4.54. The van der Waals surface area contributed by atoms with Crippen molar-refractivity contribution >= 4 is 11.9 Å². The molecule has 7 nitrogen and oxygen atoms in total. The van der Waals surface area contributed by atoms with Crippen molar-refractivity contribution in [1.29, 1.82) is 5.26 Å². The number of pyridine rings is 1. The third kappa shape index (κ3) is 4.54. The highest BCUT2D eigenvalue weighted by molar-refractivity contribution is 5.76. The molecule has 2 aromatic heterocycles. The van der Waals surface area contributed by atoms with Crippen LogP contribution in [0.4, 0.5) is 5.95 Å². The summed E-state index contributed by atoms with van der Waals surface area (Å²) < 4.78 is 0. The minimum absolute atomic E-state index is 0.191. The number of hydrogen-bond donors (Lipinski definition) is 0. The zero-order chi connectivity index (χ0) is 18.4. The number of anilines is 1. The summed E-state index contributed by atoms with van der Waals surface area (Å²) in [5, 5.41) is 9.05. The Bertz CT molecular complexity index is 793. The van der Waals surface area contributed by atoms with Crippen molar-refractivity contribution in [3.63, 3.8) is 0 Å². The molecule has 0 N–H and O–H groups in total. The molecule has 3 heterocycles. The lowest BCUT2D eigenvalue weighted by atomic mass is 10.1. The van der Waals surface area contributed by atoms with Crippen LogP contribution in [0.3, 0.4) is 0 Å². The quantitative estimate of drug-likeness (QED) is 0.816. The maximum atomic E-state index is 12.4. The molecule has 0 aromatic carbocycles. The Morgan fingerprint density at radius 3 is 2.77 bits per heavy atom. The number of carbonyl (C=O) groups is 1. The van der Waals surface area contributed by atoms with Gasteiger partial charge in [0, 0.05) is 50.7 Å². The number of aryl methyl sites for hydroxylation is 2. The minimum Gasteiger partial charge on any atom is -0.339 e. The van der Waals surface area contributed by atoms with Gasteiger partial charge in [0.15, 0.2) is 0 Å². The van der Waals surface area contributed by atoms with Crippen LogP contribution in [0.5, 0.6) is 0 Å². The zero-order valence-electron chi connectivity index (χ0n) is 14.9. The van der Waals surface area contributed by atoms with Crippen LogP contribution in [0.15, 0.2) is 30.6 Å². The lowest BCUT2D eigenvalue weighted by Gasteiger charge is -2.35. The largest absolute Gasteiger partial charge is 0.339 e. The van der Waals surface area contributed by atoms with Crippen molar-refractivity contribution < 1.29 is 4.79 Å². The molecular weight excluding hydrogens is 328 g/mol. The summed E-state index contributed by atoms with van der Waals surface area (Å²) in [7, 11) is 0. The summed E-state index contributed by atoms with van der Waals surface area (Å²) in [6, 6.07) is 7.69. The van der Waals surface area contributed by atoms with E-state index in [-0.39, 0.29) is 5.91 Å². The molecule has 0 radical (unpaired) electrons. The second kappa shape index (κ2) is 8.39. The van der Waals surface area contributed by atoms with Gasteiger partial charge in [-0.15, -0.1) is 0 Å². The maximum Gasteiger partial charge on any atom is 0.226 e. The summed E-state index contributed by atoms with van der Waals surface area (Å²) >= 11 is 0. The van der Waals surface area contributed by atoms with Crippen LogP contribution in [0, 0.1) is 18.3 Å². The van der Waals surface area contributed by atoms with Crippen LogP contribution in [0.25, 0.3) is 0 Å². The molecule has 2 aromatic rings. The molecule has 26 heavy (non-hydrogen) atoms. The highest BCUT2D eigenvalue weighted by Crippen LogP contribution is 2.14. The Balaban J connectivity index is 1.48. The molecule has 0 atom stereocenters. The van der Waals surface area contributed by atoms with Crippen molar-refractivity contribution in [2.45, 2.75) is 26.2 Å². The monoisotopic (exact) mass is 350 g/mol. The summed E-state index contributed by atoms with van der Waals surface area (Å²) in [5.74, 6) is 0.765. The fraction of sp³-hybridized carbons (Fsp3) is 0.421. The van der Waals surface area contributed by atoms with Gasteiger partial charge in [-0.05, 0) is 37.5 Å². The Kier molecular flexibility index (Phi) is 5.74. The number of piperazine rings is 1. The summed E-state index contributed by atoms with van der Waals surface area (Å²) in [6.07, 6.45) is 5.85. The van der Waals surface area contributed by atoms with Gasteiger partial charge >= 0.3 is 0 Å². The first kappa shape index (κ1) is 17.8. The molecule has 0 aliphatic carbocycles. The molecule has 1 saturated heterocycles. The third-order valence-corrected chi connectivity index (χ3v) is 4.45. The normalized spacial score (nSPS) is 14.2. The number of rotatable bonds is 5. The lowest BCUT2D eigenvalue weighted by Crippen LogP contribution is -2.49. The lowest BCUT2D eigenvalue weighted by molar-refractivity contribution is -0.131. The number of aromatic nitrogens is 3. The van der Waals surface area contributed by atoms with Gasteiger partial charge < -0.3 is 9.80 Å². The molecule has 0 unspecified atom stereocenters. The molecule has 1 aliphatic heterocycles. The van der Waals surface area contributed by atoms with Gasteiger partial charge in [-0.2, -0.15) is 5.26 Å². The molecular formula is C19H22N6O. The molecule has 0 bridgehead atoms.